The molecule has 0 bridgehead atoms. The first-order valence-electron chi connectivity index (χ1n) is 9.99. The number of aliphatic hydroxyl groups is 3. The first-order chi connectivity index (χ1) is 13.0. The maximum Gasteiger partial charge on any atom is 0.351 e. The third-order valence-corrected chi connectivity index (χ3v) is 5.14. The van der Waals surface area contributed by atoms with E-state index in [-0.39, 0.29) is 0 Å². The second-order valence-electron chi connectivity index (χ2n) is 7.18. The first-order valence-corrected chi connectivity index (χ1v) is 9.99. The van der Waals surface area contributed by atoms with E-state index < -0.39 is 36.3 Å². The Bertz CT molecular complexity index is 638. The summed E-state index contributed by atoms with van der Waals surface area (Å²) in [6, 6.07) is 1.67. The van der Waals surface area contributed by atoms with E-state index in [0.29, 0.717) is 18.7 Å². The average Bonchev–Trinajstić information content (AvgIpc) is 2.91. The van der Waals surface area contributed by atoms with Gasteiger partial charge in [-0.05, 0) is 25.3 Å². The molecule has 4 atom stereocenters. The van der Waals surface area contributed by atoms with E-state index in [0.717, 1.165) is 38.6 Å². The first kappa shape index (κ1) is 21.8. The highest BCUT2D eigenvalue weighted by molar-refractivity contribution is 5.31. The Labute approximate surface area is 160 Å². The number of hydrogen-bond acceptors (Lipinski definition) is 7. The summed E-state index contributed by atoms with van der Waals surface area (Å²) in [5.41, 5.74) is -1.98. The van der Waals surface area contributed by atoms with Gasteiger partial charge >= 0.3 is 5.69 Å². The van der Waals surface area contributed by atoms with Crippen molar-refractivity contribution >= 4 is 5.82 Å². The highest BCUT2D eigenvalue weighted by Crippen LogP contribution is 2.39. The van der Waals surface area contributed by atoms with Crippen LogP contribution in [0.25, 0.3) is 0 Å². The molecule has 1 aliphatic heterocycles. The largest absolute Gasteiger partial charge is 0.394 e. The maximum atomic E-state index is 12.7. The molecular weight excluding hydrogens is 350 g/mol. The molecule has 1 aromatic rings. The monoisotopic (exact) mass is 383 g/mol. The van der Waals surface area contributed by atoms with Crippen LogP contribution >= 0.6 is 0 Å². The van der Waals surface area contributed by atoms with Gasteiger partial charge in [0.05, 0.1) is 6.61 Å². The molecule has 8 heteroatoms. The van der Waals surface area contributed by atoms with Crippen molar-refractivity contribution in [3.8, 4) is 0 Å². The van der Waals surface area contributed by atoms with Gasteiger partial charge in [0.15, 0.2) is 5.72 Å². The van der Waals surface area contributed by atoms with Crippen molar-refractivity contribution in [2.75, 3.05) is 18.5 Å². The summed E-state index contributed by atoms with van der Waals surface area (Å²) >= 11 is 0. The Morgan fingerprint density at radius 2 is 1.93 bits per heavy atom. The second kappa shape index (κ2) is 10.2. The van der Waals surface area contributed by atoms with Crippen LogP contribution in [-0.2, 0) is 10.5 Å². The van der Waals surface area contributed by atoms with Gasteiger partial charge in [0.25, 0.3) is 0 Å². The fourth-order valence-electron chi connectivity index (χ4n) is 3.55. The van der Waals surface area contributed by atoms with Crippen molar-refractivity contribution in [2.24, 2.45) is 0 Å². The third kappa shape index (κ3) is 4.87. The van der Waals surface area contributed by atoms with Crippen LogP contribution < -0.4 is 11.0 Å². The lowest BCUT2D eigenvalue weighted by Crippen LogP contribution is -2.50. The van der Waals surface area contributed by atoms with Gasteiger partial charge in [-0.25, -0.2) is 4.79 Å². The SMILES string of the molecule is CCCCCNc1ccn([C@]2(CCCCC)O[C@H](CO)C(O)C2O)c(=O)n1. The third-order valence-electron chi connectivity index (χ3n) is 5.14. The molecule has 2 rings (SSSR count). The van der Waals surface area contributed by atoms with Gasteiger partial charge in [0.1, 0.15) is 24.1 Å². The van der Waals surface area contributed by atoms with Gasteiger partial charge in [-0.2, -0.15) is 4.98 Å². The number of aliphatic hydroxyl groups excluding tert-OH is 3. The van der Waals surface area contributed by atoms with Crippen molar-refractivity contribution in [1.29, 1.82) is 0 Å². The molecule has 4 N–H and O–H groups in total. The van der Waals surface area contributed by atoms with Crippen LogP contribution in [0.1, 0.15) is 58.8 Å². The molecule has 1 fully saturated rings. The Kier molecular flexibility index (Phi) is 8.22. The molecule has 0 aromatic carbocycles. The summed E-state index contributed by atoms with van der Waals surface area (Å²) < 4.78 is 7.10. The summed E-state index contributed by atoms with van der Waals surface area (Å²) in [7, 11) is 0. The summed E-state index contributed by atoms with van der Waals surface area (Å²) in [4.78, 5) is 16.7. The molecule has 1 aliphatic rings. The van der Waals surface area contributed by atoms with Gasteiger partial charge in [-0.1, -0.05) is 39.5 Å². The smallest absolute Gasteiger partial charge is 0.351 e. The summed E-state index contributed by atoms with van der Waals surface area (Å²) in [5.74, 6) is 0.475. The summed E-state index contributed by atoms with van der Waals surface area (Å²) in [5, 5.41) is 33.5. The number of rotatable bonds is 11. The minimum absolute atomic E-state index is 0.348. The van der Waals surface area contributed by atoms with E-state index in [1.807, 2.05) is 0 Å². The number of aromatic nitrogens is 2. The summed E-state index contributed by atoms with van der Waals surface area (Å²) in [6.07, 6.45) is 4.13. The Hall–Kier alpha value is -1.48. The van der Waals surface area contributed by atoms with Crippen molar-refractivity contribution in [3.63, 3.8) is 0 Å². The van der Waals surface area contributed by atoms with E-state index in [9.17, 15) is 20.1 Å². The van der Waals surface area contributed by atoms with Crippen molar-refractivity contribution in [3.05, 3.63) is 22.7 Å². The molecule has 8 nitrogen and oxygen atoms in total. The highest BCUT2D eigenvalue weighted by Gasteiger charge is 2.55. The molecule has 0 saturated carbocycles. The van der Waals surface area contributed by atoms with Gasteiger partial charge in [0, 0.05) is 12.7 Å². The molecule has 2 unspecified atom stereocenters. The molecule has 0 spiro atoms. The minimum atomic E-state index is -1.42. The molecule has 2 heterocycles. The van der Waals surface area contributed by atoms with E-state index >= 15 is 0 Å². The van der Waals surface area contributed by atoms with E-state index in [2.05, 4.69) is 24.1 Å². The number of hydrogen-bond donors (Lipinski definition) is 4. The van der Waals surface area contributed by atoms with Crippen molar-refractivity contribution in [1.82, 2.24) is 9.55 Å². The lowest BCUT2D eigenvalue weighted by molar-refractivity contribution is -0.156. The quantitative estimate of drug-likeness (QED) is 0.424. The van der Waals surface area contributed by atoms with Crippen LogP contribution in [0.4, 0.5) is 5.82 Å². The lowest BCUT2D eigenvalue weighted by Gasteiger charge is -2.34. The number of nitrogens with zero attached hydrogens (tertiary/aromatic N) is 2. The zero-order valence-electron chi connectivity index (χ0n) is 16.3. The van der Waals surface area contributed by atoms with Crippen LogP contribution in [-0.4, -0.2) is 56.3 Å². The normalized spacial score (nSPS) is 27.8. The van der Waals surface area contributed by atoms with Gasteiger partial charge < -0.3 is 25.4 Å². The number of ether oxygens (including phenoxy) is 1. The fraction of sp³-hybridized carbons (Fsp3) is 0.789. The van der Waals surface area contributed by atoms with Crippen molar-refractivity contribution in [2.45, 2.75) is 82.8 Å². The predicted molar refractivity (Wildman–Crippen MR) is 103 cm³/mol. The van der Waals surface area contributed by atoms with Gasteiger partial charge in [-0.3, -0.25) is 4.57 Å². The second-order valence-corrected chi connectivity index (χ2v) is 7.18. The molecule has 27 heavy (non-hydrogen) atoms. The van der Waals surface area contributed by atoms with E-state index in [1.54, 1.807) is 12.3 Å². The molecule has 154 valence electrons. The van der Waals surface area contributed by atoms with Gasteiger partial charge in [-0.15, -0.1) is 0 Å². The van der Waals surface area contributed by atoms with Crippen LogP contribution in [0, 0.1) is 0 Å². The van der Waals surface area contributed by atoms with Gasteiger partial charge in [0.2, 0.25) is 0 Å². The number of anilines is 1. The van der Waals surface area contributed by atoms with E-state index in [1.165, 1.54) is 4.57 Å². The fourth-order valence-corrected chi connectivity index (χ4v) is 3.55. The topological polar surface area (TPSA) is 117 Å². The molecule has 1 saturated heterocycles. The molecule has 0 radical (unpaired) electrons. The minimum Gasteiger partial charge on any atom is -0.394 e. The van der Waals surface area contributed by atoms with Crippen LogP contribution in [0.15, 0.2) is 17.1 Å². The summed E-state index contributed by atoms with van der Waals surface area (Å²) in [6.45, 7) is 4.47. The number of unbranched alkanes of at least 4 members (excludes halogenated alkanes) is 4. The maximum absolute atomic E-state index is 12.7. The van der Waals surface area contributed by atoms with Crippen molar-refractivity contribution < 1.29 is 20.1 Å². The molecule has 1 aromatic heterocycles. The van der Waals surface area contributed by atoms with Crippen LogP contribution in [0.2, 0.25) is 0 Å². The predicted octanol–water partition coefficient (Wildman–Crippen LogP) is 1.19. The number of nitrogens with one attached hydrogen (secondary N) is 1. The van der Waals surface area contributed by atoms with Crippen LogP contribution in [0.5, 0.6) is 0 Å². The Morgan fingerprint density at radius 3 is 2.52 bits per heavy atom. The van der Waals surface area contributed by atoms with E-state index in [4.69, 9.17) is 4.74 Å². The highest BCUT2D eigenvalue weighted by atomic mass is 16.6. The lowest BCUT2D eigenvalue weighted by atomic mass is 9.96. The zero-order valence-corrected chi connectivity index (χ0v) is 16.3. The zero-order chi connectivity index (χ0) is 19.9. The van der Waals surface area contributed by atoms with Crippen LogP contribution in [0.3, 0.4) is 0 Å². The Morgan fingerprint density at radius 1 is 1.22 bits per heavy atom. The molecule has 0 aliphatic carbocycles. The standard InChI is InChI=1S/C19H33N3O5/c1-3-5-7-10-19(17(25)16(24)14(13-23)27-19)22-12-9-15(21-18(22)26)20-11-8-6-4-2/h9,12,14,16-17,23-25H,3-8,10-11,13H2,1-2H3,(H,20,21,26)/t14-,16?,17?,19-/m1/s1. The molecular formula is C19H33N3O5. The Balaban J connectivity index is 2.26. The average molecular weight is 383 g/mol. The molecule has 0 amide bonds.